The van der Waals surface area contributed by atoms with Crippen molar-refractivity contribution in [1.29, 1.82) is 0 Å². The van der Waals surface area contributed by atoms with Crippen LogP contribution in [0.15, 0.2) is 24.4 Å². The molecule has 14 heavy (non-hydrogen) atoms. The highest BCUT2D eigenvalue weighted by Crippen LogP contribution is 2.19. The molecule has 1 aromatic carbocycles. The first kappa shape index (κ1) is 8.88. The highest BCUT2D eigenvalue weighted by Gasteiger charge is 2.03. The lowest BCUT2D eigenvalue weighted by Crippen LogP contribution is -1.91. The Balaban J connectivity index is 2.86. The van der Waals surface area contributed by atoms with Gasteiger partial charge in [-0.1, -0.05) is 11.6 Å². The minimum atomic E-state index is 0.670. The van der Waals surface area contributed by atoms with Gasteiger partial charge in [0.1, 0.15) is 0 Å². The predicted octanol–water partition coefficient (Wildman–Crippen LogP) is 2.66. The summed E-state index contributed by atoms with van der Waals surface area (Å²) in [6.07, 6.45) is 2.48. The van der Waals surface area contributed by atoms with Gasteiger partial charge < -0.3 is 0 Å². The molecule has 0 aliphatic carbocycles. The predicted molar refractivity (Wildman–Crippen MR) is 56.6 cm³/mol. The summed E-state index contributed by atoms with van der Waals surface area (Å²) in [5.41, 5.74) is 3.81. The maximum atomic E-state index is 10.7. The van der Waals surface area contributed by atoms with E-state index >= 15 is 0 Å². The van der Waals surface area contributed by atoms with Crippen LogP contribution in [0.4, 0.5) is 0 Å². The Morgan fingerprint density at radius 3 is 2.79 bits per heavy atom. The van der Waals surface area contributed by atoms with Gasteiger partial charge in [-0.15, -0.1) is 0 Å². The first-order valence-electron chi connectivity index (χ1n) is 4.53. The molecule has 2 nitrogen and oxygen atoms in total. The zero-order valence-electron chi connectivity index (χ0n) is 8.24. The second-order valence-corrected chi connectivity index (χ2v) is 3.48. The fourth-order valence-electron chi connectivity index (χ4n) is 1.57. The molecule has 1 heterocycles. The lowest BCUT2D eigenvalue weighted by atomic mass is 10.0. The second kappa shape index (κ2) is 3.22. The van der Waals surface area contributed by atoms with Crippen LogP contribution in [0.25, 0.3) is 10.9 Å². The van der Waals surface area contributed by atoms with Crippen LogP contribution in [0.5, 0.6) is 0 Å². The van der Waals surface area contributed by atoms with Crippen molar-refractivity contribution in [2.45, 2.75) is 13.8 Å². The third-order valence-corrected chi connectivity index (χ3v) is 2.46. The van der Waals surface area contributed by atoms with E-state index in [4.69, 9.17) is 0 Å². The molecule has 0 spiro atoms. The molecule has 2 aromatic rings. The van der Waals surface area contributed by atoms with E-state index in [0.29, 0.717) is 5.56 Å². The van der Waals surface area contributed by atoms with E-state index in [1.165, 1.54) is 5.56 Å². The summed E-state index contributed by atoms with van der Waals surface area (Å²) in [4.78, 5) is 14.9. The molecule has 0 fully saturated rings. The van der Waals surface area contributed by atoms with Gasteiger partial charge in [0.2, 0.25) is 0 Å². The van der Waals surface area contributed by atoms with Crippen LogP contribution in [-0.4, -0.2) is 11.3 Å². The number of hydrogen-bond acceptors (Lipinski definition) is 2. The van der Waals surface area contributed by atoms with E-state index in [0.717, 1.165) is 22.8 Å². The van der Waals surface area contributed by atoms with Crippen molar-refractivity contribution in [3.8, 4) is 0 Å². The van der Waals surface area contributed by atoms with Gasteiger partial charge in [-0.2, -0.15) is 0 Å². The first-order chi connectivity index (χ1) is 6.72. The van der Waals surface area contributed by atoms with E-state index in [-0.39, 0.29) is 0 Å². The van der Waals surface area contributed by atoms with Crippen LogP contribution < -0.4 is 0 Å². The lowest BCUT2D eigenvalue weighted by molar-refractivity contribution is 0.112. The Morgan fingerprint density at radius 2 is 2.07 bits per heavy atom. The summed E-state index contributed by atoms with van der Waals surface area (Å²) in [5, 5.41) is 1.06. The fourth-order valence-corrected chi connectivity index (χ4v) is 1.57. The Bertz CT molecular complexity index is 503. The number of hydrogen-bond donors (Lipinski definition) is 0. The van der Waals surface area contributed by atoms with Gasteiger partial charge in [-0.3, -0.25) is 9.78 Å². The molecule has 0 atom stereocenters. The maximum Gasteiger partial charge on any atom is 0.151 e. The molecule has 0 aliphatic rings. The molecule has 0 aliphatic heterocycles. The maximum absolute atomic E-state index is 10.7. The highest BCUT2D eigenvalue weighted by molar-refractivity contribution is 5.90. The van der Waals surface area contributed by atoms with Gasteiger partial charge in [-0.25, -0.2) is 0 Å². The number of carbonyl (C=O) groups excluding carboxylic acids is 1. The summed E-state index contributed by atoms with van der Waals surface area (Å²) in [6, 6.07) is 6.06. The van der Waals surface area contributed by atoms with Crippen LogP contribution >= 0.6 is 0 Å². The van der Waals surface area contributed by atoms with Gasteiger partial charge in [0.25, 0.3) is 0 Å². The smallest absolute Gasteiger partial charge is 0.151 e. The third kappa shape index (κ3) is 1.29. The van der Waals surface area contributed by atoms with E-state index in [1.54, 1.807) is 6.20 Å². The van der Waals surface area contributed by atoms with E-state index in [9.17, 15) is 4.79 Å². The van der Waals surface area contributed by atoms with Crippen molar-refractivity contribution in [2.75, 3.05) is 0 Å². The number of benzene rings is 1. The van der Waals surface area contributed by atoms with Gasteiger partial charge >= 0.3 is 0 Å². The number of aryl methyl sites for hydroxylation is 2. The minimum absolute atomic E-state index is 0.670. The molecule has 0 saturated heterocycles. The number of fused-ring (bicyclic) bond motifs is 1. The monoisotopic (exact) mass is 185 g/mol. The Morgan fingerprint density at radius 1 is 1.29 bits per heavy atom. The Labute approximate surface area is 82.6 Å². The standard InChI is InChI=1S/C12H11NO/c1-8-3-4-12-11(5-8)9(2)10(7-14)6-13-12/h3-7H,1-2H3. The zero-order valence-corrected chi connectivity index (χ0v) is 8.24. The summed E-state index contributed by atoms with van der Waals surface area (Å²) >= 11 is 0. The second-order valence-electron chi connectivity index (χ2n) is 3.48. The lowest BCUT2D eigenvalue weighted by Gasteiger charge is -2.04. The summed E-state index contributed by atoms with van der Waals surface area (Å²) in [7, 11) is 0. The molecule has 0 saturated carbocycles. The van der Waals surface area contributed by atoms with Crippen molar-refractivity contribution in [3.05, 3.63) is 41.1 Å². The van der Waals surface area contributed by atoms with Gasteiger partial charge in [0.05, 0.1) is 5.52 Å². The average Bonchev–Trinajstić information content (AvgIpc) is 2.20. The molecule has 1 aromatic heterocycles. The summed E-state index contributed by atoms with van der Waals surface area (Å²) in [5.74, 6) is 0. The van der Waals surface area contributed by atoms with Gasteiger partial charge in [-0.05, 0) is 31.5 Å². The minimum Gasteiger partial charge on any atom is -0.298 e. The first-order valence-corrected chi connectivity index (χ1v) is 4.53. The van der Waals surface area contributed by atoms with Crippen LogP contribution in [-0.2, 0) is 0 Å². The molecule has 0 unspecified atom stereocenters. The van der Waals surface area contributed by atoms with Crippen LogP contribution in [0.1, 0.15) is 21.5 Å². The summed E-state index contributed by atoms with van der Waals surface area (Å²) in [6.45, 7) is 3.99. The van der Waals surface area contributed by atoms with E-state index in [2.05, 4.69) is 11.1 Å². The number of pyridine rings is 1. The third-order valence-electron chi connectivity index (χ3n) is 2.46. The molecule has 0 bridgehead atoms. The van der Waals surface area contributed by atoms with Crippen molar-refractivity contribution in [1.82, 2.24) is 4.98 Å². The fraction of sp³-hybridized carbons (Fsp3) is 0.167. The van der Waals surface area contributed by atoms with Gasteiger partial charge in [0, 0.05) is 17.1 Å². The quantitative estimate of drug-likeness (QED) is 0.639. The number of nitrogens with zero attached hydrogens (tertiary/aromatic N) is 1. The molecule has 70 valence electrons. The molecule has 0 amide bonds. The molecule has 0 N–H and O–H groups in total. The Kier molecular flexibility index (Phi) is 2.04. The Hall–Kier alpha value is -1.70. The normalized spacial score (nSPS) is 10.4. The number of carbonyl (C=O) groups is 1. The molecular formula is C12H11NO. The largest absolute Gasteiger partial charge is 0.298 e. The number of aromatic nitrogens is 1. The number of aldehydes is 1. The van der Waals surface area contributed by atoms with Crippen LogP contribution in [0, 0.1) is 13.8 Å². The molecular weight excluding hydrogens is 174 g/mol. The van der Waals surface area contributed by atoms with Crippen molar-refractivity contribution in [3.63, 3.8) is 0 Å². The molecule has 2 rings (SSSR count). The van der Waals surface area contributed by atoms with E-state index < -0.39 is 0 Å². The SMILES string of the molecule is Cc1ccc2ncc(C=O)c(C)c2c1. The van der Waals surface area contributed by atoms with Gasteiger partial charge in [0.15, 0.2) is 6.29 Å². The highest BCUT2D eigenvalue weighted by atomic mass is 16.1. The average molecular weight is 185 g/mol. The number of rotatable bonds is 1. The zero-order chi connectivity index (χ0) is 10.1. The van der Waals surface area contributed by atoms with E-state index in [1.807, 2.05) is 26.0 Å². The molecule has 0 radical (unpaired) electrons. The topological polar surface area (TPSA) is 30.0 Å². The van der Waals surface area contributed by atoms with Crippen LogP contribution in [0.3, 0.4) is 0 Å². The van der Waals surface area contributed by atoms with Crippen molar-refractivity contribution in [2.24, 2.45) is 0 Å². The van der Waals surface area contributed by atoms with Crippen molar-refractivity contribution >= 4 is 17.2 Å². The van der Waals surface area contributed by atoms with Crippen molar-refractivity contribution < 1.29 is 4.79 Å². The molecule has 2 heteroatoms. The van der Waals surface area contributed by atoms with Crippen LogP contribution in [0.2, 0.25) is 0 Å². The summed E-state index contributed by atoms with van der Waals surface area (Å²) < 4.78 is 0.